The van der Waals surface area contributed by atoms with Crippen molar-refractivity contribution in [3.05, 3.63) is 35.4 Å². The molecule has 2 fully saturated rings. The number of carbonyl (C=O) groups excluding carboxylic acids is 1. The third-order valence-electron chi connectivity index (χ3n) is 8.48. The van der Waals surface area contributed by atoms with Gasteiger partial charge in [-0.05, 0) is 83.2 Å². The van der Waals surface area contributed by atoms with Crippen molar-refractivity contribution in [1.29, 1.82) is 0 Å². The summed E-state index contributed by atoms with van der Waals surface area (Å²) in [5.41, 5.74) is -1.61. The summed E-state index contributed by atoms with van der Waals surface area (Å²) in [7, 11) is 5.27. The number of methoxy groups -OCH3 is 2. The van der Waals surface area contributed by atoms with E-state index in [0.717, 1.165) is 38.2 Å². The number of likely N-dealkylation sites (N-methyl/N-ethyl adjacent to an activating group) is 1. The Kier molecular flexibility index (Phi) is 12.2. The van der Waals surface area contributed by atoms with E-state index < -0.39 is 23.2 Å². The van der Waals surface area contributed by atoms with E-state index in [9.17, 15) is 18.7 Å². The summed E-state index contributed by atoms with van der Waals surface area (Å²) in [5, 5.41) is 18.3. The van der Waals surface area contributed by atoms with Gasteiger partial charge >= 0.3 is 6.03 Å². The molecule has 9 heteroatoms. The molecule has 0 spiro atoms. The molecule has 3 rings (SSSR count). The zero-order chi connectivity index (χ0) is 27.5. The summed E-state index contributed by atoms with van der Waals surface area (Å²) in [6, 6.07) is 3.79. The van der Waals surface area contributed by atoms with Gasteiger partial charge in [-0.15, -0.1) is 0 Å². The molecule has 2 aliphatic rings. The second kappa shape index (κ2) is 15.1. The average molecular weight is 540 g/mol. The minimum Gasteiger partial charge on any atom is -0.385 e. The van der Waals surface area contributed by atoms with Gasteiger partial charge in [0, 0.05) is 58.0 Å². The monoisotopic (exact) mass is 539 g/mol. The number of aliphatic hydroxyl groups is 1. The standard InChI is InChI=1S/C29H47F2N3O4/c1-32-19-23(18-21-11-13-24(38-3)14-12-21)33-28(35)34-16-7-8-22(20-34)29(36,15-4-5-17-37-2)25-9-6-10-26(30)27(25)31/h6,9-10,21-24,32,36H,4-5,7-8,11-20H2,1-3H3,(H,33,35)/t21-,22-,23+,24-,29-/m1/s1. The van der Waals surface area contributed by atoms with Gasteiger partial charge < -0.3 is 30.1 Å². The molecule has 0 unspecified atom stereocenters. The van der Waals surface area contributed by atoms with Crippen LogP contribution in [0.4, 0.5) is 13.6 Å². The number of urea groups is 1. The van der Waals surface area contributed by atoms with E-state index in [1.54, 1.807) is 19.1 Å². The molecular formula is C29H47F2N3O4. The van der Waals surface area contributed by atoms with E-state index in [2.05, 4.69) is 10.6 Å². The Bertz CT molecular complexity index is 868. The zero-order valence-electron chi connectivity index (χ0n) is 23.3. The highest BCUT2D eigenvalue weighted by atomic mass is 19.2. The molecule has 0 radical (unpaired) electrons. The minimum absolute atomic E-state index is 0.00874. The number of unbranched alkanes of at least 4 members (excludes halogenated alkanes) is 1. The van der Waals surface area contributed by atoms with Crippen LogP contribution >= 0.6 is 0 Å². The summed E-state index contributed by atoms with van der Waals surface area (Å²) < 4.78 is 39.8. The number of carbonyl (C=O) groups is 1. The number of piperidine rings is 1. The number of likely N-dealkylation sites (tertiary alicyclic amines) is 1. The Labute approximate surface area is 226 Å². The number of rotatable bonds is 13. The molecule has 38 heavy (non-hydrogen) atoms. The summed E-state index contributed by atoms with van der Waals surface area (Å²) >= 11 is 0. The predicted molar refractivity (Wildman–Crippen MR) is 144 cm³/mol. The van der Waals surface area contributed by atoms with Crippen LogP contribution in [0.3, 0.4) is 0 Å². The highest BCUT2D eigenvalue weighted by molar-refractivity contribution is 5.74. The number of amides is 2. The fourth-order valence-electron chi connectivity index (χ4n) is 6.30. The molecule has 216 valence electrons. The van der Waals surface area contributed by atoms with Crippen molar-refractivity contribution in [3.63, 3.8) is 0 Å². The van der Waals surface area contributed by atoms with Gasteiger partial charge in [-0.1, -0.05) is 12.1 Å². The maximum atomic E-state index is 14.9. The molecule has 0 bridgehead atoms. The van der Waals surface area contributed by atoms with Crippen LogP contribution in [-0.2, 0) is 15.1 Å². The fraction of sp³-hybridized carbons (Fsp3) is 0.759. The number of benzene rings is 1. The Balaban J connectivity index is 1.69. The van der Waals surface area contributed by atoms with E-state index in [1.165, 1.54) is 12.1 Å². The van der Waals surface area contributed by atoms with Gasteiger partial charge in [0.25, 0.3) is 0 Å². The van der Waals surface area contributed by atoms with Crippen LogP contribution in [0.15, 0.2) is 18.2 Å². The largest absolute Gasteiger partial charge is 0.385 e. The molecule has 1 aliphatic heterocycles. The Morgan fingerprint density at radius 2 is 1.95 bits per heavy atom. The first kappa shape index (κ1) is 30.7. The highest BCUT2D eigenvalue weighted by Gasteiger charge is 2.43. The quantitative estimate of drug-likeness (QED) is 0.320. The van der Waals surface area contributed by atoms with Crippen LogP contribution in [0.1, 0.15) is 69.8 Å². The normalized spacial score (nSPS) is 24.6. The van der Waals surface area contributed by atoms with Crippen LogP contribution in [0, 0.1) is 23.5 Å². The van der Waals surface area contributed by atoms with Gasteiger partial charge in [0.05, 0.1) is 11.7 Å². The number of nitrogens with one attached hydrogen (secondary N) is 2. The first-order chi connectivity index (χ1) is 18.3. The lowest BCUT2D eigenvalue weighted by Gasteiger charge is -2.43. The molecule has 3 N–H and O–H groups in total. The molecule has 1 aromatic carbocycles. The Morgan fingerprint density at radius 1 is 1.18 bits per heavy atom. The lowest BCUT2D eigenvalue weighted by Crippen LogP contribution is -2.54. The lowest BCUT2D eigenvalue weighted by atomic mass is 9.74. The molecule has 7 nitrogen and oxygen atoms in total. The molecule has 1 saturated heterocycles. The van der Waals surface area contributed by atoms with E-state index in [0.29, 0.717) is 57.4 Å². The van der Waals surface area contributed by atoms with Gasteiger partial charge in [-0.2, -0.15) is 0 Å². The predicted octanol–water partition coefficient (Wildman–Crippen LogP) is 4.57. The van der Waals surface area contributed by atoms with Crippen molar-refractivity contribution < 1.29 is 28.2 Å². The first-order valence-electron chi connectivity index (χ1n) is 14.2. The topological polar surface area (TPSA) is 83.1 Å². The van der Waals surface area contributed by atoms with Crippen molar-refractivity contribution in [2.45, 2.75) is 82.0 Å². The second-order valence-electron chi connectivity index (χ2n) is 11.1. The van der Waals surface area contributed by atoms with Gasteiger partial charge in [0.1, 0.15) is 0 Å². The third kappa shape index (κ3) is 8.10. The Hall–Kier alpha value is -1.81. The van der Waals surface area contributed by atoms with E-state index in [4.69, 9.17) is 9.47 Å². The number of hydrogen-bond donors (Lipinski definition) is 3. The average Bonchev–Trinajstić information content (AvgIpc) is 2.93. The molecule has 1 saturated carbocycles. The summed E-state index contributed by atoms with van der Waals surface area (Å²) in [6.07, 6.45) is 8.40. The first-order valence-corrected chi connectivity index (χ1v) is 14.2. The van der Waals surface area contributed by atoms with Crippen molar-refractivity contribution >= 4 is 6.03 Å². The van der Waals surface area contributed by atoms with E-state index >= 15 is 0 Å². The SMILES string of the molecule is CNC[C@H](C[C@H]1CC[C@H](OC)CC1)NC(=O)N1CCC[C@@H]([C@](O)(CCCCOC)c2cccc(F)c2F)C1. The van der Waals surface area contributed by atoms with Crippen LogP contribution in [0.25, 0.3) is 0 Å². The highest BCUT2D eigenvalue weighted by Crippen LogP contribution is 2.41. The third-order valence-corrected chi connectivity index (χ3v) is 8.48. The zero-order valence-corrected chi connectivity index (χ0v) is 23.3. The number of halogens is 2. The van der Waals surface area contributed by atoms with Crippen molar-refractivity contribution in [1.82, 2.24) is 15.5 Å². The molecule has 2 amide bonds. The Morgan fingerprint density at radius 3 is 2.63 bits per heavy atom. The van der Waals surface area contributed by atoms with Gasteiger partial charge in [0.2, 0.25) is 0 Å². The molecule has 3 atom stereocenters. The van der Waals surface area contributed by atoms with Crippen LogP contribution in [0.5, 0.6) is 0 Å². The van der Waals surface area contributed by atoms with Crippen LogP contribution in [0.2, 0.25) is 0 Å². The number of ether oxygens (including phenoxy) is 2. The summed E-state index contributed by atoms with van der Waals surface area (Å²) in [4.78, 5) is 15.1. The maximum Gasteiger partial charge on any atom is 0.317 e. The van der Waals surface area contributed by atoms with Crippen molar-refractivity contribution in [3.8, 4) is 0 Å². The number of hydrogen-bond acceptors (Lipinski definition) is 5. The molecule has 1 aromatic rings. The smallest absolute Gasteiger partial charge is 0.317 e. The van der Waals surface area contributed by atoms with Crippen molar-refractivity contribution in [2.24, 2.45) is 11.8 Å². The fourth-order valence-corrected chi connectivity index (χ4v) is 6.30. The van der Waals surface area contributed by atoms with Crippen molar-refractivity contribution in [2.75, 3.05) is 47.5 Å². The molecule has 0 aromatic heterocycles. The van der Waals surface area contributed by atoms with Crippen LogP contribution < -0.4 is 10.6 Å². The number of nitrogens with zero attached hydrogens (tertiary/aromatic N) is 1. The lowest BCUT2D eigenvalue weighted by molar-refractivity contribution is -0.0591. The molecular weight excluding hydrogens is 492 g/mol. The molecule has 1 aliphatic carbocycles. The summed E-state index contributed by atoms with van der Waals surface area (Å²) in [5.74, 6) is -1.85. The van der Waals surface area contributed by atoms with Gasteiger partial charge in [0.15, 0.2) is 11.6 Å². The summed E-state index contributed by atoms with van der Waals surface area (Å²) in [6.45, 7) is 2.05. The van der Waals surface area contributed by atoms with Gasteiger partial charge in [-0.25, -0.2) is 13.6 Å². The minimum atomic E-state index is -1.58. The second-order valence-corrected chi connectivity index (χ2v) is 11.1. The van der Waals surface area contributed by atoms with Crippen LogP contribution in [-0.4, -0.2) is 75.7 Å². The maximum absolute atomic E-state index is 14.9. The molecule has 1 heterocycles. The van der Waals surface area contributed by atoms with E-state index in [1.807, 2.05) is 7.05 Å². The van der Waals surface area contributed by atoms with Gasteiger partial charge in [-0.3, -0.25) is 0 Å². The van der Waals surface area contributed by atoms with E-state index in [-0.39, 0.29) is 30.6 Å².